The molecule has 1 saturated carbocycles. The van der Waals surface area contributed by atoms with Crippen molar-refractivity contribution in [2.75, 3.05) is 11.0 Å². The van der Waals surface area contributed by atoms with Crippen molar-refractivity contribution in [2.24, 2.45) is 0 Å². The van der Waals surface area contributed by atoms with Gasteiger partial charge in [-0.05, 0) is 50.5 Å². The number of nitrogens with one attached hydrogen (secondary N) is 1. The van der Waals surface area contributed by atoms with Gasteiger partial charge in [-0.1, -0.05) is 36.6 Å². The Balaban J connectivity index is 1.65. The third-order valence-corrected chi connectivity index (χ3v) is 7.33. The summed E-state index contributed by atoms with van der Waals surface area (Å²) in [6, 6.07) is 9.19. The highest BCUT2D eigenvalue weighted by Crippen LogP contribution is 2.38. The van der Waals surface area contributed by atoms with E-state index in [0.29, 0.717) is 24.3 Å². The van der Waals surface area contributed by atoms with E-state index in [4.69, 9.17) is 9.51 Å². The van der Waals surface area contributed by atoms with Crippen LogP contribution >= 0.6 is 0 Å². The van der Waals surface area contributed by atoms with Gasteiger partial charge in [0.25, 0.3) is 0 Å². The number of nitrogens with zero attached hydrogens (tertiary/aromatic N) is 3. The van der Waals surface area contributed by atoms with Crippen molar-refractivity contribution in [1.82, 2.24) is 14.7 Å². The van der Waals surface area contributed by atoms with E-state index >= 15 is 4.39 Å². The van der Waals surface area contributed by atoms with Crippen LogP contribution in [0, 0.1) is 13.8 Å². The normalized spacial score (nSPS) is 16.0. The lowest BCUT2D eigenvalue weighted by atomic mass is 9.86. The van der Waals surface area contributed by atoms with Gasteiger partial charge in [0.05, 0.1) is 29.5 Å². The summed E-state index contributed by atoms with van der Waals surface area (Å²) in [5.74, 6) is 0.704. The molecule has 9 heteroatoms. The highest BCUT2D eigenvalue weighted by Gasteiger charge is 2.33. The molecule has 5 rings (SSSR count). The minimum atomic E-state index is -3.41. The van der Waals surface area contributed by atoms with Gasteiger partial charge < -0.3 is 9.09 Å². The highest BCUT2D eigenvalue weighted by atomic mass is 32.2. The molecule has 0 saturated heterocycles. The Morgan fingerprint density at radius 3 is 2.60 bits per heavy atom. The van der Waals surface area contributed by atoms with Crippen molar-refractivity contribution in [3.05, 3.63) is 54.2 Å². The summed E-state index contributed by atoms with van der Waals surface area (Å²) < 4.78 is 49.1. The first-order valence-electron chi connectivity index (χ1n) is 11.8. The fraction of sp³-hybridized carbons (Fsp3) is 0.385. The zero-order valence-electron chi connectivity index (χ0n) is 20.1. The van der Waals surface area contributed by atoms with Crippen molar-refractivity contribution in [2.45, 2.75) is 58.2 Å². The lowest BCUT2D eigenvalue weighted by molar-refractivity contribution is 0.0873. The molecule has 3 heterocycles. The largest absolute Gasteiger partial charge is 0.361 e. The van der Waals surface area contributed by atoms with E-state index < -0.39 is 15.7 Å². The average Bonchev–Trinajstić information content (AvgIpc) is 3.32. The van der Waals surface area contributed by atoms with E-state index in [9.17, 15) is 8.42 Å². The summed E-state index contributed by atoms with van der Waals surface area (Å²) in [4.78, 5) is 4.79. The number of sulfonamides is 1. The van der Waals surface area contributed by atoms with Crippen LogP contribution in [0.4, 0.5) is 10.1 Å². The van der Waals surface area contributed by atoms with Crippen molar-refractivity contribution >= 4 is 26.7 Å². The Bertz CT molecular complexity index is 1480. The van der Waals surface area contributed by atoms with Gasteiger partial charge in [0.2, 0.25) is 10.0 Å². The molecule has 0 unspecified atom stereocenters. The number of halogens is 1. The molecular formula is C26H29FN4O3S. The topological polar surface area (TPSA) is 90.0 Å². The van der Waals surface area contributed by atoms with Crippen LogP contribution in [0.3, 0.4) is 0 Å². The third kappa shape index (κ3) is 4.82. The van der Waals surface area contributed by atoms with Gasteiger partial charge in [0, 0.05) is 34.8 Å². The number of alkyl halides is 1. The molecule has 0 atom stereocenters. The maximum atomic E-state index is 15.8. The predicted octanol–water partition coefficient (Wildman–Crippen LogP) is 6.02. The Morgan fingerprint density at radius 1 is 1.14 bits per heavy atom. The molecular weight excluding hydrogens is 467 g/mol. The first-order valence-corrected chi connectivity index (χ1v) is 13.7. The molecule has 0 spiro atoms. The molecule has 35 heavy (non-hydrogen) atoms. The first-order chi connectivity index (χ1) is 16.6. The SMILES string of the molecule is Cc1noc(C)c1-c1cnc2c(-c3cccc(NS(C)(=O)=O)c3)cn(CC3(F)CCCCC3)c2c1. The zero-order valence-corrected chi connectivity index (χ0v) is 21.0. The predicted molar refractivity (Wildman–Crippen MR) is 136 cm³/mol. The zero-order chi connectivity index (χ0) is 24.8. The molecule has 1 aliphatic rings. The molecule has 0 aliphatic heterocycles. The van der Waals surface area contributed by atoms with Crippen molar-refractivity contribution in [3.63, 3.8) is 0 Å². The number of benzene rings is 1. The minimum absolute atomic E-state index is 0.248. The molecule has 1 fully saturated rings. The molecule has 0 radical (unpaired) electrons. The summed E-state index contributed by atoms with van der Waals surface area (Å²) in [5, 5.41) is 4.07. The summed E-state index contributed by atoms with van der Waals surface area (Å²) in [6.07, 6.45) is 8.79. The second kappa shape index (κ2) is 8.78. The van der Waals surface area contributed by atoms with E-state index in [1.807, 2.05) is 36.7 Å². The second-order valence-electron chi connectivity index (χ2n) is 9.63. The Hall–Kier alpha value is -3.20. The smallest absolute Gasteiger partial charge is 0.229 e. The van der Waals surface area contributed by atoms with Crippen molar-refractivity contribution in [3.8, 4) is 22.3 Å². The minimum Gasteiger partial charge on any atom is -0.361 e. The number of pyridine rings is 1. The Labute approximate surface area is 204 Å². The molecule has 184 valence electrons. The average molecular weight is 497 g/mol. The monoisotopic (exact) mass is 496 g/mol. The summed E-state index contributed by atoms with van der Waals surface area (Å²) in [6.45, 7) is 4.00. The standard InChI is InChI=1S/C26H29FN4O3S/c1-17-24(18(2)34-29-17)20-13-23-25(28-14-20)22(15-31(23)16-26(27)10-5-4-6-11-26)19-8-7-9-21(12-19)30-35(3,32)33/h7-9,12-15,30H,4-6,10-11,16H2,1-3H3. The first kappa shape index (κ1) is 23.5. The lowest BCUT2D eigenvalue weighted by Crippen LogP contribution is -2.31. The summed E-state index contributed by atoms with van der Waals surface area (Å²) >= 11 is 0. The Morgan fingerprint density at radius 2 is 1.91 bits per heavy atom. The quantitative estimate of drug-likeness (QED) is 0.353. The van der Waals surface area contributed by atoms with Gasteiger partial charge in [-0.25, -0.2) is 12.8 Å². The van der Waals surface area contributed by atoms with E-state index in [1.54, 1.807) is 24.4 Å². The summed E-state index contributed by atoms with van der Waals surface area (Å²) in [5.41, 5.74) is 4.91. The fourth-order valence-electron chi connectivity index (χ4n) is 5.15. The molecule has 1 aliphatic carbocycles. The molecule has 1 aromatic carbocycles. The van der Waals surface area contributed by atoms with E-state index in [1.165, 1.54) is 0 Å². The van der Waals surface area contributed by atoms with Crippen molar-refractivity contribution in [1.29, 1.82) is 0 Å². The van der Waals surface area contributed by atoms with Crippen LogP contribution in [0.25, 0.3) is 33.3 Å². The van der Waals surface area contributed by atoms with Crippen LogP contribution in [-0.2, 0) is 16.6 Å². The molecule has 1 N–H and O–H groups in total. The number of rotatable bonds is 6. The summed E-state index contributed by atoms with van der Waals surface area (Å²) in [7, 11) is -3.41. The van der Waals surface area contributed by atoms with Gasteiger partial charge in [-0.3, -0.25) is 9.71 Å². The van der Waals surface area contributed by atoms with Gasteiger partial charge in [0.15, 0.2) is 0 Å². The van der Waals surface area contributed by atoms with Crippen LogP contribution in [0.2, 0.25) is 0 Å². The molecule has 0 amide bonds. The van der Waals surface area contributed by atoms with Gasteiger partial charge in [-0.15, -0.1) is 0 Å². The maximum absolute atomic E-state index is 15.8. The van der Waals surface area contributed by atoms with E-state index in [-0.39, 0.29) is 6.54 Å². The van der Waals surface area contributed by atoms with Gasteiger partial charge in [-0.2, -0.15) is 0 Å². The van der Waals surface area contributed by atoms with E-state index in [0.717, 1.165) is 64.5 Å². The third-order valence-electron chi connectivity index (χ3n) is 6.72. The number of anilines is 1. The molecule has 4 aromatic rings. The fourth-order valence-corrected chi connectivity index (χ4v) is 5.71. The number of aryl methyl sites for hydroxylation is 2. The molecule has 3 aromatic heterocycles. The van der Waals surface area contributed by atoms with Gasteiger partial charge >= 0.3 is 0 Å². The number of hydrogen-bond donors (Lipinski definition) is 1. The van der Waals surface area contributed by atoms with E-state index in [2.05, 4.69) is 9.88 Å². The van der Waals surface area contributed by atoms with Crippen LogP contribution in [-0.4, -0.2) is 35.1 Å². The highest BCUT2D eigenvalue weighted by molar-refractivity contribution is 7.92. The van der Waals surface area contributed by atoms with Crippen molar-refractivity contribution < 1.29 is 17.3 Å². The van der Waals surface area contributed by atoms with Crippen LogP contribution in [0.15, 0.2) is 47.2 Å². The van der Waals surface area contributed by atoms with Crippen LogP contribution < -0.4 is 4.72 Å². The van der Waals surface area contributed by atoms with Crippen LogP contribution in [0.1, 0.15) is 43.6 Å². The lowest BCUT2D eigenvalue weighted by Gasteiger charge is -2.30. The van der Waals surface area contributed by atoms with Gasteiger partial charge in [0.1, 0.15) is 11.4 Å². The number of aromatic nitrogens is 3. The second-order valence-corrected chi connectivity index (χ2v) is 11.4. The molecule has 7 nitrogen and oxygen atoms in total. The number of hydrogen-bond acceptors (Lipinski definition) is 5. The number of fused-ring (bicyclic) bond motifs is 1. The molecule has 0 bridgehead atoms. The Kier molecular flexibility index (Phi) is 5.91. The maximum Gasteiger partial charge on any atom is 0.229 e. The van der Waals surface area contributed by atoms with Crippen LogP contribution in [0.5, 0.6) is 0 Å².